The number of hydrogen-bond acceptors (Lipinski definition) is 3. The van der Waals surface area contributed by atoms with Crippen LogP contribution in [0.5, 0.6) is 0 Å². The van der Waals surface area contributed by atoms with Crippen LogP contribution in [0.4, 0.5) is 17.6 Å². The Labute approximate surface area is 91.6 Å². The quantitative estimate of drug-likeness (QED) is 0.729. The van der Waals surface area contributed by atoms with E-state index in [4.69, 9.17) is 5.11 Å². The van der Waals surface area contributed by atoms with Crippen LogP contribution in [0, 0.1) is 0 Å². The van der Waals surface area contributed by atoms with Crippen LogP contribution in [-0.4, -0.2) is 73.1 Å². The van der Waals surface area contributed by atoms with Crippen molar-refractivity contribution >= 4 is 0 Å². The summed E-state index contributed by atoms with van der Waals surface area (Å²) >= 11 is 0. The predicted octanol–water partition coefficient (Wildman–Crippen LogP) is 0.497. The molecule has 1 fully saturated rings. The smallest absolute Gasteiger partial charge is 0.382 e. The van der Waals surface area contributed by atoms with Gasteiger partial charge in [-0.2, -0.15) is 13.2 Å². The molecular formula is C9H16F4N2O. The fourth-order valence-corrected chi connectivity index (χ4v) is 1.66. The Morgan fingerprint density at radius 3 is 2.00 bits per heavy atom. The van der Waals surface area contributed by atoms with Gasteiger partial charge in [0.15, 0.2) is 6.10 Å². The molecule has 1 unspecified atom stereocenters. The van der Waals surface area contributed by atoms with Crippen LogP contribution >= 0.6 is 0 Å². The van der Waals surface area contributed by atoms with Crippen molar-refractivity contribution in [2.75, 3.05) is 45.9 Å². The van der Waals surface area contributed by atoms with Crippen LogP contribution in [0.2, 0.25) is 0 Å². The van der Waals surface area contributed by atoms with Gasteiger partial charge in [0, 0.05) is 39.3 Å². The molecule has 1 atom stereocenters. The Kier molecular flexibility index (Phi) is 4.94. The number of aliphatic hydroxyl groups is 1. The molecule has 0 saturated carbocycles. The standard InChI is InChI=1S/C9H16F4N2O/c10-1-2-14-3-5-15(6-4-14)7-8(16)9(11,12)13/h8,16H,1-7H2. The van der Waals surface area contributed by atoms with E-state index < -0.39 is 25.5 Å². The van der Waals surface area contributed by atoms with Crippen molar-refractivity contribution in [3.63, 3.8) is 0 Å². The normalized spacial score (nSPS) is 22.3. The lowest BCUT2D eigenvalue weighted by Gasteiger charge is -2.35. The van der Waals surface area contributed by atoms with Crippen molar-refractivity contribution < 1.29 is 22.7 Å². The molecule has 3 nitrogen and oxygen atoms in total. The first kappa shape index (κ1) is 13.7. The van der Waals surface area contributed by atoms with Crippen LogP contribution in [0.15, 0.2) is 0 Å². The summed E-state index contributed by atoms with van der Waals surface area (Å²) < 4.78 is 48.2. The number of aliphatic hydroxyl groups excluding tert-OH is 1. The second-order valence-electron chi connectivity index (χ2n) is 3.89. The van der Waals surface area contributed by atoms with Gasteiger partial charge in [0.1, 0.15) is 6.67 Å². The molecule has 0 spiro atoms. The van der Waals surface area contributed by atoms with E-state index in [1.54, 1.807) is 4.90 Å². The summed E-state index contributed by atoms with van der Waals surface area (Å²) in [4.78, 5) is 3.41. The maximum absolute atomic E-state index is 12.1. The second kappa shape index (κ2) is 5.79. The number of halogens is 4. The molecule has 1 rings (SSSR count). The first-order chi connectivity index (χ1) is 7.43. The molecule has 1 saturated heterocycles. The van der Waals surface area contributed by atoms with Crippen molar-refractivity contribution in [2.24, 2.45) is 0 Å². The van der Waals surface area contributed by atoms with E-state index in [0.717, 1.165) is 0 Å². The fraction of sp³-hybridized carbons (Fsp3) is 1.00. The summed E-state index contributed by atoms with van der Waals surface area (Å²) in [5.41, 5.74) is 0. The maximum Gasteiger partial charge on any atom is 0.415 e. The zero-order valence-electron chi connectivity index (χ0n) is 8.88. The summed E-state index contributed by atoms with van der Waals surface area (Å²) in [5.74, 6) is 0. The van der Waals surface area contributed by atoms with E-state index in [1.807, 2.05) is 4.90 Å². The van der Waals surface area contributed by atoms with Crippen LogP contribution in [0.3, 0.4) is 0 Å². The van der Waals surface area contributed by atoms with Crippen molar-refractivity contribution in [1.82, 2.24) is 9.80 Å². The summed E-state index contributed by atoms with van der Waals surface area (Å²) in [7, 11) is 0. The molecule has 1 aliphatic heterocycles. The Bertz CT molecular complexity index is 204. The van der Waals surface area contributed by atoms with Gasteiger partial charge in [-0.05, 0) is 0 Å². The third-order valence-electron chi connectivity index (χ3n) is 2.67. The number of hydrogen-bond donors (Lipinski definition) is 1. The molecule has 1 N–H and O–H groups in total. The van der Waals surface area contributed by atoms with Gasteiger partial charge in [-0.1, -0.05) is 0 Å². The van der Waals surface area contributed by atoms with E-state index in [2.05, 4.69) is 0 Å². The molecule has 0 aromatic carbocycles. The van der Waals surface area contributed by atoms with E-state index in [9.17, 15) is 17.6 Å². The number of alkyl halides is 4. The fourth-order valence-electron chi connectivity index (χ4n) is 1.66. The van der Waals surface area contributed by atoms with Crippen LogP contribution < -0.4 is 0 Å². The highest BCUT2D eigenvalue weighted by molar-refractivity contribution is 4.76. The highest BCUT2D eigenvalue weighted by Crippen LogP contribution is 2.21. The van der Waals surface area contributed by atoms with E-state index in [0.29, 0.717) is 32.7 Å². The van der Waals surface area contributed by atoms with Gasteiger partial charge in [-0.3, -0.25) is 9.80 Å². The second-order valence-corrected chi connectivity index (χ2v) is 3.89. The molecule has 0 aliphatic carbocycles. The lowest BCUT2D eigenvalue weighted by Crippen LogP contribution is -2.51. The number of rotatable bonds is 4. The third-order valence-corrected chi connectivity index (χ3v) is 2.67. The summed E-state index contributed by atoms with van der Waals surface area (Å²) in [6.45, 7) is 1.47. The molecule has 0 amide bonds. The highest BCUT2D eigenvalue weighted by atomic mass is 19.4. The molecule has 0 bridgehead atoms. The average Bonchev–Trinajstić information content (AvgIpc) is 2.20. The van der Waals surface area contributed by atoms with Crippen LogP contribution in [-0.2, 0) is 0 Å². The summed E-state index contributed by atoms with van der Waals surface area (Å²) in [6, 6.07) is 0. The number of nitrogens with zero attached hydrogens (tertiary/aromatic N) is 2. The minimum atomic E-state index is -4.56. The molecule has 0 radical (unpaired) electrons. The van der Waals surface area contributed by atoms with E-state index in [-0.39, 0.29) is 0 Å². The first-order valence-corrected chi connectivity index (χ1v) is 5.19. The molecule has 96 valence electrons. The molecular weight excluding hydrogens is 228 g/mol. The van der Waals surface area contributed by atoms with Crippen molar-refractivity contribution in [3.05, 3.63) is 0 Å². The SMILES string of the molecule is OC(CN1CCN(CCF)CC1)C(F)(F)F. The Balaban J connectivity index is 2.27. The van der Waals surface area contributed by atoms with Gasteiger partial charge < -0.3 is 5.11 Å². The zero-order valence-corrected chi connectivity index (χ0v) is 8.88. The highest BCUT2D eigenvalue weighted by Gasteiger charge is 2.39. The minimum absolute atomic E-state index is 0.329. The number of piperazine rings is 1. The number of β-amino-alcohol motifs (C(OH)–C–C–N with tert-alkyl or cyclic N) is 1. The van der Waals surface area contributed by atoms with Gasteiger partial charge in [0.2, 0.25) is 0 Å². The van der Waals surface area contributed by atoms with Gasteiger partial charge in [0.05, 0.1) is 0 Å². The van der Waals surface area contributed by atoms with Crippen molar-refractivity contribution in [3.8, 4) is 0 Å². The van der Waals surface area contributed by atoms with Gasteiger partial charge in [-0.25, -0.2) is 4.39 Å². The molecule has 0 aromatic rings. The van der Waals surface area contributed by atoms with Gasteiger partial charge in [-0.15, -0.1) is 0 Å². The molecule has 1 heterocycles. The summed E-state index contributed by atoms with van der Waals surface area (Å²) in [6.07, 6.45) is -6.85. The maximum atomic E-state index is 12.1. The molecule has 0 aromatic heterocycles. The first-order valence-electron chi connectivity index (χ1n) is 5.19. The lowest BCUT2D eigenvalue weighted by atomic mass is 10.2. The molecule has 1 aliphatic rings. The van der Waals surface area contributed by atoms with E-state index in [1.165, 1.54) is 0 Å². The van der Waals surface area contributed by atoms with Crippen molar-refractivity contribution in [1.29, 1.82) is 0 Å². The monoisotopic (exact) mass is 244 g/mol. The predicted molar refractivity (Wildman–Crippen MR) is 50.9 cm³/mol. The molecule has 16 heavy (non-hydrogen) atoms. The van der Waals surface area contributed by atoms with Crippen LogP contribution in [0.25, 0.3) is 0 Å². The Morgan fingerprint density at radius 2 is 1.56 bits per heavy atom. The lowest BCUT2D eigenvalue weighted by molar-refractivity contribution is -0.208. The van der Waals surface area contributed by atoms with Gasteiger partial charge >= 0.3 is 6.18 Å². The van der Waals surface area contributed by atoms with E-state index >= 15 is 0 Å². The third kappa shape index (κ3) is 4.23. The van der Waals surface area contributed by atoms with Crippen LogP contribution in [0.1, 0.15) is 0 Å². The van der Waals surface area contributed by atoms with Crippen molar-refractivity contribution in [2.45, 2.75) is 12.3 Å². The summed E-state index contributed by atoms with van der Waals surface area (Å²) in [5, 5.41) is 8.87. The largest absolute Gasteiger partial charge is 0.415 e. The minimum Gasteiger partial charge on any atom is -0.382 e. The Morgan fingerprint density at radius 1 is 1.06 bits per heavy atom. The Hall–Kier alpha value is -0.400. The topological polar surface area (TPSA) is 26.7 Å². The molecule has 7 heteroatoms. The van der Waals surface area contributed by atoms with Gasteiger partial charge in [0.25, 0.3) is 0 Å². The zero-order chi connectivity index (χ0) is 12.2. The average molecular weight is 244 g/mol.